The average Bonchev–Trinajstić information content (AvgIpc) is 2.45. The Morgan fingerprint density at radius 3 is 1.76 bits per heavy atom. The van der Waals surface area contributed by atoms with Crippen molar-refractivity contribution in [3.63, 3.8) is 0 Å². The summed E-state index contributed by atoms with van der Waals surface area (Å²) in [5.74, 6) is 0. The van der Waals surface area contributed by atoms with Gasteiger partial charge >= 0.3 is 7.82 Å². The van der Waals surface area contributed by atoms with E-state index in [9.17, 15) is 0 Å². The molecule has 134 valence electrons. The molecule has 0 aliphatic carbocycles. The average molecular weight is 376 g/mol. The van der Waals surface area contributed by atoms with Crippen molar-refractivity contribution in [2.75, 3.05) is 0 Å². The summed E-state index contributed by atoms with van der Waals surface area (Å²) in [4.78, 5) is 21.6. The molecule has 4 nitrogen and oxygen atoms in total. The first kappa shape index (κ1) is 22.1. The summed E-state index contributed by atoms with van der Waals surface area (Å²) in [5, 5.41) is 0. The van der Waals surface area contributed by atoms with E-state index in [1.807, 2.05) is 0 Å². The molecule has 2 aromatic carbocycles. The van der Waals surface area contributed by atoms with E-state index < -0.39 is 7.82 Å². The van der Waals surface area contributed by atoms with Gasteiger partial charge in [0, 0.05) is 5.41 Å². The minimum Gasteiger partial charge on any atom is -0.303 e. The van der Waals surface area contributed by atoms with Crippen LogP contribution in [0.3, 0.4) is 0 Å². The van der Waals surface area contributed by atoms with Gasteiger partial charge in [0.05, 0.1) is 0 Å². The first-order chi connectivity index (χ1) is 11.2. The lowest BCUT2D eigenvalue weighted by Gasteiger charge is -2.30. The zero-order valence-electron chi connectivity index (χ0n) is 15.4. The van der Waals surface area contributed by atoms with E-state index in [1.54, 1.807) is 0 Å². The number of phosphoric acid groups is 1. The Kier molecular flexibility index (Phi) is 7.24. The fraction of sp³-hybridized carbons (Fsp3) is 0.368. The molecule has 0 atom stereocenters. The van der Waals surface area contributed by atoms with Gasteiger partial charge < -0.3 is 14.7 Å². The molecule has 0 unspecified atom stereocenters. The predicted molar refractivity (Wildman–Crippen MR) is 103 cm³/mol. The minimum atomic E-state index is -4.64. The van der Waals surface area contributed by atoms with Crippen LogP contribution in [0.2, 0.25) is 0 Å². The molecule has 0 amide bonds. The van der Waals surface area contributed by atoms with Gasteiger partial charge in [0.2, 0.25) is 0 Å². The standard InChI is InChI=1S/C19H23.Al.H3O4P/c1-18(2,3)16-12-9-13-17(14-16)19(4,5)15-10-7-6-8-11-15;;1-5(2,3)4/h6-11,13-14H,1-5H3;;(H3,1,2,3,4). The van der Waals surface area contributed by atoms with Gasteiger partial charge in [-0.1, -0.05) is 88.7 Å². The number of rotatable bonds is 2. The third-order valence-electron chi connectivity index (χ3n) is 4.08. The molecule has 2 rings (SSSR count). The van der Waals surface area contributed by atoms with Gasteiger partial charge in [-0.25, -0.2) is 4.57 Å². The molecule has 2 radical (unpaired) electrons. The Balaban J connectivity index is 0.000000550. The maximum atomic E-state index is 8.88. The van der Waals surface area contributed by atoms with Gasteiger partial charge in [-0.15, -0.1) is 4.43 Å². The number of hydrogen-bond acceptors (Lipinski definition) is 1. The van der Waals surface area contributed by atoms with Crippen LogP contribution in [0.4, 0.5) is 0 Å². The van der Waals surface area contributed by atoms with Gasteiger partial charge in [-0.05, 0) is 16.5 Å². The quantitative estimate of drug-likeness (QED) is 0.556. The van der Waals surface area contributed by atoms with Crippen LogP contribution >= 0.6 is 7.82 Å². The topological polar surface area (TPSA) is 77.8 Å². The predicted octanol–water partition coefficient (Wildman–Crippen LogP) is 3.18. The van der Waals surface area contributed by atoms with Crippen LogP contribution in [-0.2, 0) is 15.4 Å². The van der Waals surface area contributed by atoms with Crippen molar-refractivity contribution >= 4 is 28.5 Å². The summed E-state index contributed by atoms with van der Waals surface area (Å²) >= 11 is 2.87. The van der Waals surface area contributed by atoms with Crippen LogP contribution in [0.25, 0.3) is 0 Å². The second-order valence-corrected chi connectivity index (χ2v) is 9.20. The van der Waals surface area contributed by atoms with E-state index in [4.69, 9.17) is 19.2 Å². The van der Waals surface area contributed by atoms with Crippen LogP contribution in [-0.4, -0.2) is 31.0 Å². The number of benzene rings is 2. The van der Waals surface area contributed by atoms with E-state index in [2.05, 4.69) is 99.4 Å². The minimum absolute atomic E-state index is 0.0274. The van der Waals surface area contributed by atoms with E-state index in [0.29, 0.717) is 0 Å². The molecule has 0 spiro atoms. The molecular weight excluding hydrogens is 350 g/mol. The van der Waals surface area contributed by atoms with Crippen molar-refractivity contribution in [1.82, 2.24) is 0 Å². The zero-order valence-corrected chi connectivity index (χ0v) is 17.4. The first-order valence-electron chi connectivity index (χ1n) is 7.97. The Morgan fingerprint density at radius 1 is 0.840 bits per heavy atom. The molecule has 0 heterocycles. The summed E-state index contributed by atoms with van der Waals surface area (Å²) in [7, 11) is -4.64. The van der Waals surface area contributed by atoms with Crippen molar-refractivity contribution < 1.29 is 19.2 Å². The summed E-state index contributed by atoms with van der Waals surface area (Å²) < 4.78 is 10.2. The molecule has 6 heteroatoms. The van der Waals surface area contributed by atoms with Crippen molar-refractivity contribution in [1.29, 1.82) is 0 Å². The third-order valence-corrected chi connectivity index (χ3v) is 4.58. The van der Waals surface area contributed by atoms with Gasteiger partial charge in [0.15, 0.2) is 16.3 Å². The zero-order chi connectivity index (χ0) is 19.5. The van der Waals surface area contributed by atoms with Crippen LogP contribution < -0.4 is 4.43 Å². The van der Waals surface area contributed by atoms with Gasteiger partial charge in [-0.3, -0.25) is 0 Å². The summed E-state index contributed by atoms with van der Waals surface area (Å²) in [6.07, 6.45) is 0. The van der Waals surface area contributed by atoms with E-state index >= 15 is 0 Å². The van der Waals surface area contributed by atoms with Crippen molar-refractivity contribution in [3.05, 3.63) is 65.2 Å². The lowest BCUT2D eigenvalue weighted by atomic mass is 9.75. The second-order valence-electron chi connectivity index (χ2n) is 7.56. The Labute approximate surface area is 158 Å². The monoisotopic (exact) mass is 376 g/mol. The Morgan fingerprint density at radius 2 is 1.32 bits per heavy atom. The molecule has 0 saturated heterocycles. The van der Waals surface area contributed by atoms with Crippen LogP contribution in [0.1, 0.15) is 51.3 Å². The van der Waals surface area contributed by atoms with Gasteiger partial charge in [0.25, 0.3) is 0 Å². The highest BCUT2D eigenvalue weighted by atomic mass is 31.2. The molecule has 25 heavy (non-hydrogen) atoms. The Hall–Kier alpha value is -0.918. The maximum absolute atomic E-state index is 8.88. The highest BCUT2D eigenvalue weighted by Crippen LogP contribution is 2.33. The van der Waals surface area contributed by atoms with Crippen molar-refractivity contribution in [3.8, 4) is 0 Å². The maximum Gasteiger partial charge on any atom is 0.466 e. The highest BCUT2D eigenvalue weighted by Gasteiger charge is 2.25. The largest absolute Gasteiger partial charge is 0.466 e. The molecule has 2 aromatic rings. The molecule has 0 bridgehead atoms. The van der Waals surface area contributed by atoms with Crippen LogP contribution in [0, 0.1) is 0 Å². The van der Waals surface area contributed by atoms with E-state index in [1.165, 1.54) is 21.1 Å². The van der Waals surface area contributed by atoms with E-state index in [-0.39, 0.29) is 10.8 Å². The fourth-order valence-electron chi connectivity index (χ4n) is 2.62. The third kappa shape index (κ3) is 7.07. The molecule has 0 aromatic heterocycles. The molecular formula is C19H26AlO4P. The lowest BCUT2D eigenvalue weighted by Crippen LogP contribution is -2.26. The normalized spacial score (nSPS) is 12.3. The molecule has 0 aliphatic rings. The SMILES string of the molecule is CC(C)(C)c1cc(C(C)(C)c2ccccc2)cc[c]1[Al].O=P(O)(O)O. The highest BCUT2D eigenvalue weighted by molar-refractivity contribution is 7.45. The molecule has 0 fully saturated rings. The molecule has 0 saturated carbocycles. The van der Waals surface area contributed by atoms with Gasteiger partial charge in [-0.2, -0.15) is 0 Å². The molecule has 3 N–H and O–H groups in total. The van der Waals surface area contributed by atoms with E-state index in [0.717, 1.165) is 0 Å². The van der Waals surface area contributed by atoms with Crippen molar-refractivity contribution in [2.24, 2.45) is 0 Å². The summed E-state index contributed by atoms with van der Waals surface area (Å²) in [5.41, 5.74) is 4.33. The summed E-state index contributed by atoms with van der Waals surface area (Å²) in [6, 6.07) is 17.6. The number of hydrogen-bond donors (Lipinski definition) is 3. The summed E-state index contributed by atoms with van der Waals surface area (Å²) in [6.45, 7) is 11.4. The van der Waals surface area contributed by atoms with Crippen LogP contribution in [0.5, 0.6) is 0 Å². The first-order valence-corrected chi connectivity index (χ1v) is 10.1. The smallest absolute Gasteiger partial charge is 0.303 e. The fourth-order valence-corrected chi connectivity index (χ4v) is 3.23. The molecule has 0 aliphatic heterocycles. The van der Waals surface area contributed by atoms with Gasteiger partial charge in [0.1, 0.15) is 0 Å². The van der Waals surface area contributed by atoms with Crippen LogP contribution in [0.15, 0.2) is 48.5 Å². The lowest BCUT2D eigenvalue weighted by molar-refractivity contribution is 0.275. The second kappa shape index (κ2) is 8.19. The van der Waals surface area contributed by atoms with Crippen molar-refractivity contribution in [2.45, 2.75) is 45.4 Å². The Bertz CT molecular complexity index is 737.